The van der Waals surface area contributed by atoms with E-state index in [1.165, 1.54) is 0 Å². The highest BCUT2D eigenvalue weighted by molar-refractivity contribution is 9.09. The van der Waals surface area contributed by atoms with Gasteiger partial charge in [-0.3, -0.25) is 4.79 Å². The van der Waals surface area contributed by atoms with E-state index in [0.717, 1.165) is 6.42 Å². The summed E-state index contributed by atoms with van der Waals surface area (Å²) in [5, 5.41) is 10.0. The molecule has 1 aromatic rings. The van der Waals surface area contributed by atoms with Gasteiger partial charge in [0.2, 0.25) is 0 Å². The number of nitrogens with zero attached hydrogens (tertiary/aromatic N) is 1. The molecule has 1 aromatic carbocycles. The minimum Gasteiger partial charge on any atom is -0.391 e. The van der Waals surface area contributed by atoms with Crippen molar-refractivity contribution in [2.45, 2.75) is 23.4 Å². The second-order valence-corrected chi connectivity index (χ2v) is 5.99. The van der Waals surface area contributed by atoms with E-state index in [9.17, 15) is 9.90 Å². The molecule has 1 amide bonds. The number of rotatable bonds is 1. The van der Waals surface area contributed by atoms with E-state index in [-0.39, 0.29) is 28.8 Å². The molecule has 0 unspecified atom stereocenters. The van der Waals surface area contributed by atoms with Crippen molar-refractivity contribution in [3.8, 4) is 0 Å². The average molecular weight is 296 g/mol. The Kier molecular flexibility index (Phi) is 2.71. The SMILES string of the molecule is O=C(c1ccccc1)N1C[C@H]2C[C@H](Br)[C@H]1[C@H]2O. The quantitative estimate of drug-likeness (QED) is 0.801. The Labute approximate surface area is 109 Å². The number of carbonyl (C=O) groups is 1. The summed E-state index contributed by atoms with van der Waals surface area (Å²) in [6.07, 6.45) is 0.594. The van der Waals surface area contributed by atoms with Crippen molar-refractivity contribution in [3.05, 3.63) is 35.9 Å². The zero-order valence-corrected chi connectivity index (χ0v) is 10.9. The van der Waals surface area contributed by atoms with Crippen LogP contribution in [0, 0.1) is 5.92 Å². The van der Waals surface area contributed by atoms with Crippen molar-refractivity contribution in [2.75, 3.05) is 6.54 Å². The van der Waals surface area contributed by atoms with E-state index in [4.69, 9.17) is 0 Å². The zero-order valence-electron chi connectivity index (χ0n) is 9.29. The fraction of sp³-hybridized carbons (Fsp3) is 0.462. The molecule has 1 heterocycles. The lowest BCUT2D eigenvalue weighted by Gasteiger charge is -2.30. The van der Waals surface area contributed by atoms with Crippen molar-refractivity contribution in [3.63, 3.8) is 0 Å². The van der Waals surface area contributed by atoms with Crippen LogP contribution in [0.15, 0.2) is 30.3 Å². The van der Waals surface area contributed by atoms with Crippen molar-refractivity contribution in [2.24, 2.45) is 5.92 Å². The maximum Gasteiger partial charge on any atom is 0.254 e. The molecule has 4 atom stereocenters. The number of amides is 1. The molecule has 17 heavy (non-hydrogen) atoms. The molecule has 1 aliphatic carbocycles. The summed E-state index contributed by atoms with van der Waals surface area (Å²) < 4.78 is 0. The van der Waals surface area contributed by atoms with Gasteiger partial charge >= 0.3 is 0 Å². The molecule has 0 aromatic heterocycles. The average Bonchev–Trinajstić information content (AvgIpc) is 2.81. The molecule has 0 radical (unpaired) electrons. The molecule has 1 N–H and O–H groups in total. The van der Waals surface area contributed by atoms with Crippen LogP contribution in [0.5, 0.6) is 0 Å². The number of aliphatic hydroxyl groups excluding tert-OH is 1. The summed E-state index contributed by atoms with van der Waals surface area (Å²) >= 11 is 3.56. The second kappa shape index (κ2) is 4.10. The van der Waals surface area contributed by atoms with Crippen LogP contribution in [0.4, 0.5) is 0 Å². The number of hydrogen-bond acceptors (Lipinski definition) is 2. The van der Waals surface area contributed by atoms with Gasteiger partial charge in [-0.25, -0.2) is 0 Å². The molecule has 2 aliphatic rings. The number of likely N-dealkylation sites (tertiary alicyclic amines) is 1. The molecular weight excluding hydrogens is 282 g/mol. The predicted octanol–water partition coefficient (Wildman–Crippen LogP) is 1.66. The lowest BCUT2D eigenvalue weighted by molar-refractivity contribution is 0.0659. The fourth-order valence-corrected chi connectivity index (χ4v) is 4.04. The number of alkyl halides is 1. The standard InChI is InChI=1S/C13H14BrNO2/c14-10-6-9-7-15(11(10)12(9)16)13(17)8-4-2-1-3-5-8/h1-5,9-12,16H,6-7H2/t9-,10+,11+,12+/m1/s1. The van der Waals surface area contributed by atoms with Gasteiger partial charge in [-0.1, -0.05) is 34.1 Å². The minimum atomic E-state index is -0.368. The number of fused-ring (bicyclic) bond motifs is 2. The van der Waals surface area contributed by atoms with E-state index in [0.29, 0.717) is 12.1 Å². The largest absolute Gasteiger partial charge is 0.391 e. The fourth-order valence-electron chi connectivity index (χ4n) is 2.96. The van der Waals surface area contributed by atoms with Crippen LogP contribution >= 0.6 is 15.9 Å². The van der Waals surface area contributed by atoms with Gasteiger partial charge in [0.05, 0.1) is 12.1 Å². The first-order valence-electron chi connectivity index (χ1n) is 5.86. The molecule has 0 spiro atoms. The van der Waals surface area contributed by atoms with E-state index < -0.39 is 0 Å². The third-order valence-corrected chi connectivity index (χ3v) is 4.72. The molecule has 1 aliphatic heterocycles. The predicted molar refractivity (Wildman–Crippen MR) is 68.1 cm³/mol. The lowest BCUT2D eigenvalue weighted by Crippen LogP contribution is -2.44. The number of carbonyl (C=O) groups excluding carboxylic acids is 1. The van der Waals surface area contributed by atoms with Crippen molar-refractivity contribution in [1.29, 1.82) is 0 Å². The van der Waals surface area contributed by atoms with Gasteiger partial charge in [-0.2, -0.15) is 0 Å². The maximum atomic E-state index is 12.3. The first-order chi connectivity index (χ1) is 8.18. The minimum absolute atomic E-state index is 0.0290. The normalized spacial score (nSPS) is 35.3. The van der Waals surface area contributed by atoms with Gasteiger partial charge in [-0.05, 0) is 18.6 Å². The summed E-state index contributed by atoms with van der Waals surface area (Å²) in [5.74, 6) is 0.262. The zero-order chi connectivity index (χ0) is 12.0. The molecule has 4 heteroatoms. The van der Waals surface area contributed by atoms with Crippen molar-refractivity contribution >= 4 is 21.8 Å². The number of halogens is 1. The smallest absolute Gasteiger partial charge is 0.254 e. The number of piperidine rings is 1. The summed E-state index contributed by atoms with van der Waals surface area (Å²) in [6.45, 7) is 0.682. The van der Waals surface area contributed by atoms with E-state index in [1.54, 1.807) is 0 Å². The number of benzene rings is 1. The van der Waals surface area contributed by atoms with Crippen LogP contribution < -0.4 is 0 Å². The Morgan fingerprint density at radius 3 is 2.65 bits per heavy atom. The highest BCUT2D eigenvalue weighted by Gasteiger charge is 2.52. The molecule has 2 fully saturated rings. The highest BCUT2D eigenvalue weighted by Crippen LogP contribution is 2.42. The van der Waals surface area contributed by atoms with Gasteiger partial charge in [0.25, 0.3) is 5.91 Å². The van der Waals surface area contributed by atoms with E-state index in [2.05, 4.69) is 15.9 Å². The van der Waals surface area contributed by atoms with Crippen LogP contribution in [-0.2, 0) is 0 Å². The summed E-state index contributed by atoms with van der Waals surface area (Å²) in [6, 6.07) is 9.21. The van der Waals surface area contributed by atoms with Crippen LogP contribution in [0.1, 0.15) is 16.8 Å². The van der Waals surface area contributed by atoms with E-state index >= 15 is 0 Å². The first kappa shape index (κ1) is 11.2. The first-order valence-corrected chi connectivity index (χ1v) is 6.78. The van der Waals surface area contributed by atoms with Crippen molar-refractivity contribution in [1.82, 2.24) is 4.90 Å². The van der Waals surface area contributed by atoms with Crippen LogP contribution in [0.2, 0.25) is 0 Å². The van der Waals surface area contributed by atoms with Gasteiger partial charge in [0, 0.05) is 22.9 Å². The topological polar surface area (TPSA) is 40.5 Å². The summed E-state index contributed by atoms with van der Waals surface area (Å²) in [5.41, 5.74) is 0.701. The Balaban J connectivity index is 1.85. The van der Waals surface area contributed by atoms with Crippen LogP contribution in [0.25, 0.3) is 0 Å². The molecule has 3 nitrogen and oxygen atoms in total. The highest BCUT2D eigenvalue weighted by atomic mass is 79.9. The molecule has 1 saturated carbocycles. The Hall–Kier alpha value is -0.870. The Morgan fingerprint density at radius 1 is 1.35 bits per heavy atom. The Bertz CT molecular complexity index is 436. The summed E-state index contributed by atoms with van der Waals surface area (Å²) in [7, 11) is 0. The maximum absolute atomic E-state index is 12.3. The summed E-state index contributed by atoms with van der Waals surface area (Å²) in [4.78, 5) is 14.4. The van der Waals surface area contributed by atoms with Gasteiger partial charge in [0.15, 0.2) is 0 Å². The molecule has 2 bridgehead atoms. The molecule has 90 valence electrons. The molecule has 3 rings (SSSR count). The van der Waals surface area contributed by atoms with E-state index in [1.807, 2.05) is 35.2 Å². The van der Waals surface area contributed by atoms with Crippen LogP contribution in [0.3, 0.4) is 0 Å². The number of hydrogen-bond donors (Lipinski definition) is 1. The van der Waals surface area contributed by atoms with Crippen molar-refractivity contribution < 1.29 is 9.90 Å². The number of aliphatic hydroxyl groups is 1. The second-order valence-electron chi connectivity index (χ2n) is 4.82. The van der Waals surface area contributed by atoms with Crippen LogP contribution in [-0.4, -0.2) is 39.4 Å². The van der Waals surface area contributed by atoms with Gasteiger partial charge < -0.3 is 10.0 Å². The monoisotopic (exact) mass is 295 g/mol. The molecular formula is C13H14BrNO2. The van der Waals surface area contributed by atoms with Gasteiger partial charge in [-0.15, -0.1) is 0 Å². The third-order valence-electron chi connectivity index (χ3n) is 3.80. The third kappa shape index (κ3) is 1.70. The van der Waals surface area contributed by atoms with Gasteiger partial charge in [0.1, 0.15) is 0 Å². The molecule has 1 saturated heterocycles. The lowest BCUT2D eigenvalue weighted by atomic mass is 10.1. The Morgan fingerprint density at radius 2 is 2.06 bits per heavy atom.